The van der Waals surface area contributed by atoms with Gasteiger partial charge in [0.2, 0.25) is 5.91 Å². The molecule has 0 fully saturated rings. The maximum Gasteiger partial charge on any atom is 0.242 e. The largest absolute Gasteiger partial charge is 0.396 e. The van der Waals surface area contributed by atoms with Crippen molar-refractivity contribution in [2.45, 2.75) is 13.5 Å². The molecule has 0 unspecified atom stereocenters. The van der Waals surface area contributed by atoms with Gasteiger partial charge in [0.1, 0.15) is 13.1 Å². The molecule has 6 nitrogen and oxygen atoms in total. The van der Waals surface area contributed by atoms with Crippen molar-refractivity contribution in [2.75, 3.05) is 12.3 Å². The first-order chi connectivity index (χ1) is 6.63. The van der Waals surface area contributed by atoms with E-state index < -0.39 is 0 Å². The first-order valence-corrected chi connectivity index (χ1v) is 4.06. The van der Waals surface area contributed by atoms with Crippen molar-refractivity contribution in [1.82, 2.24) is 15.1 Å². The smallest absolute Gasteiger partial charge is 0.242 e. The van der Waals surface area contributed by atoms with Crippen LogP contribution in [0, 0.1) is 18.3 Å². The summed E-state index contributed by atoms with van der Waals surface area (Å²) in [5, 5.41) is 14.6. The average molecular weight is 193 g/mol. The Hall–Kier alpha value is -2.03. The second kappa shape index (κ2) is 4.28. The highest BCUT2D eigenvalue weighted by Gasteiger charge is 2.05. The standard InChI is InChI=1S/C8H11N5O/c1-6-7(10)4-13(12-6)5-8(14)11-3-2-9/h4H,3,5,10H2,1H3,(H,11,14). The molecule has 1 heterocycles. The Labute approximate surface area is 81.3 Å². The van der Waals surface area contributed by atoms with Crippen LogP contribution in [0.3, 0.4) is 0 Å². The molecule has 1 aromatic rings. The molecule has 6 heteroatoms. The molecule has 0 radical (unpaired) electrons. The predicted molar refractivity (Wildman–Crippen MR) is 50.0 cm³/mol. The SMILES string of the molecule is Cc1nn(CC(=O)NCC#N)cc1N. The highest BCUT2D eigenvalue weighted by molar-refractivity contribution is 5.75. The number of carbonyl (C=O) groups is 1. The van der Waals surface area contributed by atoms with Gasteiger partial charge in [-0.2, -0.15) is 10.4 Å². The lowest BCUT2D eigenvalue weighted by Gasteiger charge is -2.00. The van der Waals surface area contributed by atoms with Gasteiger partial charge >= 0.3 is 0 Å². The zero-order valence-electron chi connectivity index (χ0n) is 7.82. The molecule has 0 aromatic carbocycles. The predicted octanol–water partition coefficient (Wildman–Crippen LogP) is -0.586. The summed E-state index contributed by atoms with van der Waals surface area (Å²) >= 11 is 0. The van der Waals surface area contributed by atoms with E-state index in [2.05, 4.69) is 10.4 Å². The quantitative estimate of drug-likeness (QED) is 0.627. The fourth-order valence-corrected chi connectivity index (χ4v) is 0.955. The van der Waals surface area contributed by atoms with Crippen molar-refractivity contribution in [3.05, 3.63) is 11.9 Å². The molecule has 1 aromatic heterocycles. The molecule has 3 N–H and O–H groups in total. The fourth-order valence-electron chi connectivity index (χ4n) is 0.955. The number of aromatic nitrogens is 2. The monoisotopic (exact) mass is 193 g/mol. The van der Waals surface area contributed by atoms with Gasteiger partial charge in [-0.05, 0) is 6.92 Å². The summed E-state index contributed by atoms with van der Waals surface area (Å²) in [6, 6.07) is 1.81. The van der Waals surface area contributed by atoms with Crippen LogP contribution in [0.1, 0.15) is 5.69 Å². The van der Waals surface area contributed by atoms with Gasteiger partial charge in [0, 0.05) is 6.20 Å². The van der Waals surface area contributed by atoms with Gasteiger partial charge in [0.05, 0.1) is 17.5 Å². The van der Waals surface area contributed by atoms with E-state index in [0.29, 0.717) is 11.4 Å². The molecule has 14 heavy (non-hydrogen) atoms. The lowest BCUT2D eigenvalue weighted by Crippen LogP contribution is -2.27. The summed E-state index contributed by atoms with van der Waals surface area (Å²) in [5.41, 5.74) is 6.80. The van der Waals surface area contributed by atoms with Gasteiger partial charge in [0.25, 0.3) is 0 Å². The molecule has 0 aliphatic rings. The van der Waals surface area contributed by atoms with E-state index in [-0.39, 0.29) is 19.0 Å². The Balaban J connectivity index is 2.53. The van der Waals surface area contributed by atoms with Crippen molar-refractivity contribution in [3.63, 3.8) is 0 Å². The normalized spacial score (nSPS) is 9.43. The summed E-state index contributed by atoms with van der Waals surface area (Å²) < 4.78 is 1.44. The minimum Gasteiger partial charge on any atom is -0.396 e. The van der Waals surface area contributed by atoms with E-state index in [1.54, 1.807) is 13.1 Å². The van der Waals surface area contributed by atoms with Gasteiger partial charge in [-0.25, -0.2) is 0 Å². The molecule has 1 rings (SSSR count). The molecule has 1 amide bonds. The fraction of sp³-hybridized carbons (Fsp3) is 0.375. The minimum absolute atomic E-state index is 0.00850. The lowest BCUT2D eigenvalue weighted by molar-refractivity contribution is -0.121. The summed E-state index contributed by atoms with van der Waals surface area (Å²) in [6.07, 6.45) is 1.58. The van der Waals surface area contributed by atoms with E-state index in [9.17, 15) is 4.79 Å². The number of nitriles is 1. The first-order valence-electron chi connectivity index (χ1n) is 4.06. The number of aryl methyl sites for hydroxylation is 1. The van der Waals surface area contributed by atoms with Crippen molar-refractivity contribution in [3.8, 4) is 6.07 Å². The number of hydrogen-bond donors (Lipinski definition) is 2. The second-order valence-corrected chi connectivity index (χ2v) is 2.80. The molecule has 0 aliphatic carbocycles. The van der Waals surface area contributed by atoms with Crippen LogP contribution in [0.5, 0.6) is 0 Å². The van der Waals surface area contributed by atoms with Gasteiger partial charge < -0.3 is 11.1 Å². The van der Waals surface area contributed by atoms with Crippen LogP contribution in [0.2, 0.25) is 0 Å². The van der Waals surface area contributed by atoms with E-state index >= 15 is 0 Å². The summed E-state index contributed by atoms with van der Waals surface area (Å²) in [7, 11) is 0. The van der Waals surface area contributed by atoms with Crippen molar-refractivity contribution in [1.29, 1.82) is 5.26 Å². The summed E-state index contributed by atoms with van der Waals surface area (Å²) in [4.78, 5) is 11.1. The third-order valence-corrected chi connectivity index (χ3v) is 1.65. The number of rotatable bonds is 3. The number of anilines is 1. The third kappa shape index (κ3) is 2.48. The Morgan fingerprint density at radius 2 is 2.57 bits per heavy atom. The first kappa shape index (κ1) is 10.1. The molecule has 0 aliphatic heterocycles. The van der Waals surface area contributed by atoms with Gasteiger partial charge in [0.15, 0.2) is 0 Å². The average Bonchev–Trinajstić information content (AvgIpc) is 2.42. The van der Waals surface area contributed by atoms with Crippen LogP contribution in [0.25, 0.3) is 0 Å². The molecule has 0 atom stereocenters. The molecular weight excluding hydrogens is 182 g/mol. The van der Waals surface area contributed by atoms with Gasteiger partial charge in [-0.15, -0.1) is 0 Å². The van der Waals surface area contributed by atoms with Crippen molar-refractivity contribution >= 4 is 11.6 Å². The van der Waals surface area contributed by atoms with E-state index in [0.717, 1.165) is 0 Å². The molecule has 74 valence electrons. The molecule has 0 saturated heterocycles. The van der Waals surface area contributed by atoms with Crippen LogP contribution in [-0.2, 0) is 11.3 Å². The number of nitrogens with zero attached hydrogens (tertiary/aromatic N) is 3. The number of nitrogens with two attached hydrogens (primary N) is 1. The van der Waals surface area contributed by atoms with Crippen LogP contribution < -0.4 is 11.1 Å². The zero-order valence-corrected chi connectivity index (χ0v) is 7.82. The third-order valence-electron chi connectivity index (χ3n) is 1.65. The summed E-state index contributed by atoms with van der Waals surface area (Å²) in [6.45, 7) is 1.85. The minimum atomic E-state index is -0.256. The van der Waals surface area contributed by atoms with Crippen LogP contribution in [-0.4, -0.2) is 22.2 Å². The molecule has 0 spiro atoms. The van der Waals surface area contributed by atoms with E-state index in [4.69, 9.17) is 11.0 Å². The molecule has 0 saturated carbocycles. The Morgan fingerprint density at radius 1 is 1.86 bits per heavy atom. The number of nitrogen functional groups attached to an aromatic ring is 1. The second-order valence-electron chi connectivity index (χ2n) is 2.80. The topological polar surface area (TPSA) is 96.7 Å². The molecular formula is C8H11N5O. The van der Waals surface area contributed by atoms with Crippen molar-refractivity contribution < 1.29 is 4.79 Å². The highest BCUT2D eigenvalue weighted by atomic mass is 16.2. The zero-order chi connectivity index (χ0) is 10.6. The Kier molecular flexibility index (Phi) is 3.07. The van der Waals surface area contributed by atoms with Gasteiger partial charge in [-0.3, -0.25) is 9.48 Å². The number of hydrogen-bond acceptors (Lipinski definition) is 4. The number of nitrogens with one attached hydrogen (secondary N) is 1. The lowest BCUT2D eigenvalue weighted by atomic mass is 10.4. The Bertz CT molecular complexity index is 356. The highest BCUT2D eigenvalue weighted by Crippen LogP contribution is 2.05. The maximum absolute atomic E-state index is 11.1. The van der Waals surface area contributed by atoms with Gasteiger partial charge in [-0.1, -0.05) is 0 Å². The van der Waals surface area contributed by atoms with Crippen molar-refractivity contribution in [2.24, 2.45) is 0 Å². The van der Waals surface area contributed by atoms with E-state index in [1.165, 1.54) is 4.68 Å². The number of amides is 1. The number of carbonyl (C=O) groups excluding carboxylic acids is 1. The van der Waals surface area contributed by atoms with Crippen LogP contribution >= 0.6 is 0 Å². The maximum atomic E-state index is 11.1. The van der Waals surface area contributed by atoms with E-state index in [1.807, 2.05) is 6.07 Å². The summed E-state index contributed by atoms with van der Waals surface area (Å²) in [5.74, 6) is -0.256. The molecule has 0 bridgehead atoms. The van der Waals surface area contributed by atoms with Crippen LogP contribution in [0.4, 0.5) is 5.69 Å². The van der Waals surface area contributed by atoms with Crippen LogP contribution in [0.15, 0.2) is 6.20 Å². The Morgan fingerprint density at radius 3 is 3.07 bits per heavy atom.